The molecule has 2 N–H and O–H groups in total. The van der Waals surface area contributed by atoms with E-state index in [1.165, 1.54) is 0 Å². The summed E-state index contributed by atoms with van der Waals surface area (Å²) in [5, 5.41) is 3.05. The minimum Gasteiger partial charge on any atom is -0.384 e. The summed E-state index contributed by atoms with van der Waals surface area (Å²) in [6, 6.07) is 6.60. The standard InChI is InChI=1S/C13H22N2O3S/c1-4-14-12-8-6-7-9-13(12)19(16,17)15-11(3)10-18-5-2/h6-9,11,14-15H,4-5,10H2,1-3H3. The predicted molar refractivity (Wildman–Crippen MR) is 76.9 cm³/mol. The topological polar surface area (TPSA) is 67.4 Å². The summed E-state index contributed by atoms with van der Waals surface area (Å²) in [5.74, 6) is 0. The van der Waals surface area contributed by atoms with Crippen molar-refractivity contribution in [1.82, 2.24) is 4.72 Å². The summed E-state index contributed by atoms with van der Waals surface area (Å²) in [5.41, 5.74) is 0.612. The molecule has 1 atom stereocenters. The van der Waals surface area contributed by atoms with E-state index in [2.05, 4.69) is 10.0 Å². The summed E-state index contributed by atoms with van der Waals surface area (Å²) in [6.45, 7) is 7.18. The van der Waals surface area contributed by atoms with Crippen LogP contribution in [-0.4, -0.2) is 34.2 Å². The highest BCUT2D eigenvalue weighted by molar-refractivity contribution is 7.89. The van der Waals surface area contributed by atoms with Gasteiger partial charge in [-0.15, -0.1) is 0 Å². The second-order valence-electron chi connectivity index (χ2n) is 4.21. The number of nitrogens with one attached hydrogen (secondary N) is 2. The molecule has 0 aliphatic rings. The fourth-order valence-electron chi connectivity index (χ4n) is 1.69. The Morgan fingerprint density at radius 2 is 1.95 bits per heavy atom. The Bertz CT molecular complexity index is 488. The van der Waals surface area contributed by atoms with Gasteiger partial charge in [0.2, 0.25) is 10.0 Å². The summed E-state index contributed by atoms with van der Waals surface area (Å²) in [4.78, 5) is 0.264. The van der Waals surface area contributed by atoms with Crippen LogP contribution >= 0.6 is 0 Å². The van der Waals surface area contributed by atoms with Crippen molar-refractivity contribution < 1.29 is 13.2 Å². The Hall–Kier alpha value is -1.11. The number of ether oxygens (including phenoxy) is 1. The summed E-state index contributed by atoms with van der Waals surface area (Å²) in [6.07, 6.45) is 0. The first-order chi connectivity index (χ1) is 9.01. The molecule has 0 bridgehead atoms. The lowest BCUT2D eigenvalue weighted by Crippen LogP contribution is -2.36. The lowest BCUT2D eigenvalue weighted by Gasteiger charge is -2.16. The van der Waals surface area contributed by atoms with Crippen LogP contribution in [0, 0.1) is 0 Å². The third kappa shape index (κ3) is 4.81. The van der Waals surface area contributed by atoms with Gasteiger partial charge >= 0.3 is 0 Å². The maximum Gasteiger partial charge on any atom is 0.242 e. The summed E-state index contributed by atoms with van der Waals surface area (Å²) < 4.78 is 32.4. The van der Waals surface area contributed by atoms with Crippen molar-refractivity contribution in [3.05, 3.63) is 24.3 Å². The number of hydrogen-bond donors (Lipinski definition) is 2. The van der Waals surface area contributed by atoms with Crippen molar-refractivity contribution in [2.45, 2.75) is 31.7 Å². The molecule has 6 heteroatoms. The number of anilines is 1. The number of benzene rings is 1. The van der Waals surface area contributed by atoms with Gasteiger partial charge in [-0.25, -0.2) is 13.1 Å². The molecule has 1 aromatic rings. The van der Waals surface area contributed by atoms with E-state index in [1.807, 2.05) is 13.8 Å². The SMILES string of the molecule is CCNc1ccccc1S(=O)(=O)NC(C)COCC. The fraction of sp³-hybridized carbons (Fsp3) is 0.538. The molecule has 0 heterocycles. The van der Waals surface area contributed by atoms with Crippen LogP contribution in [0.4, 0.5) is 5.69 Å². The summed E-state index contributed by atoms with van der Waals surface area (Å²) >= 11 is 0. The van der Waals surface area contributed by atoms with Crippen LogP contribution in [0.25, 0.3) is 0 Å². The Balaban J connectivity index is 2.88. The lowest BCUT2D eigenvalue weighted by atomic mass is 10.3. The van der Waals surface area contributed by atoms with Crippen LogP contribution in [-0.2, 0) is 14.8 Å². The molecule has 1 unspecified atom stereocenters. The Kier molecular flexibility index (Phi) is 6.27. The smallest absolute Gasteiger partial charge is 0.242 e. The average molecular weight is 286 g/mol. The highest BCUT2D eigenvalue weighted by Crippen LogP contribution is 2.20. The van der Waals surface area contributed by atoms with Gasteiger partial charge in [0.15, 0.2) is 0 Å². The van der Waals surface area contributed by atoms with Gasteiger partial charge in [0.25, 0.3) is 0 Å². The Morgan fingerprint density at radius 3 is 2.58 bits per heavy atom. The molecule has 5 nitrogen and oxygen atoms in total. The van der Waals surface area contributed by atoms with E-state index in [4.69, 9.17) is 4.74 Å². The molecule has 0 aliphatic heterocycles. The van der Waals surface area contributed by atoms with Crippen LogP contribution in [0.15, 0.2) is 29.2 Å². The third-order valence-electron chi connectivity index (χ3n) is 2.47. The van der Waals surface area contributed by atoms with E-state index < -0.39 is 10.0 Å². The monoisotopic (exact) mass is 286 g/mol. The number of sulfonamides is 1. The van der Waals surface area contributed by atoms with Gasteiger partial charge < -0.3 is 10.1 Å². The van der Waals surface area contributed by atoms with E-state index in [0.717, 1.165) is 0 Å². The van der Waals surface area contributed by atoms with Crippen molar-refractivity contribution in [2.24, 2.45) is 0 Å². The molecule has 1 aromatic carbocycles. The first kappa shape index (κ1) is 15.9. The zero-order chi connectivity index (χ0) is 14.3. The third-order valence-corrected chi connectivity index (χ3v) is 4.12. The fourth-order valence-corrected chi connectivity index (χ4v) is 3.11. The molecule has 108 valence electrons. The largest absolute Gasteiger partial charge is 0.384 e. The van der Waals surface area contributed by atoms with E-state index in [9.17, 15) is 8.42 Å². The summed E-state index contributed by atoms with van der Waals surface area (Å²) in [7, 11) is -3.54. The molecule has 19 heavy (non-hydrogen) atoms. The first-order valence-corrected chi connectivity index (χ1v) is 7.92. The van der Waals surface area contributed by atoms with Gasteiger partial charge in [0, 0.05) is 19.2 Å². The van der Waals surface area contributed by atoms with Crippen LogP contribution in [0.1, 0.15) is 20.8 Å². The molecule has 0 fully saturated rings. The molecular weight excluding hydrogens is 264 g/mol. The molecular formula is C13H22N2O3S. The van der Waals surface area contributed by atoms with E-state index in [-0.39, 0.29) is 10.9 Å². The van der Waals surface area contributed by atoms with Crippen molar-refractivity contribution in [3.63, 3.8) is 0 Å². The normalized spacial score (nSPS) is 13.2. The lowest BCUT2D eigenvalue weighted by molar-refractivity contribution is 0.133. The zero-order valence-electron chi connectivity index (χ0n) is 11.6. The maximum absolute atomic E-state index is 12.3. The average Bonchev–Trinajstić information content (AvgIpc) is 2.37. The molecule has 0 aromatic heterocycles. The zero-order valence-corrected chi connectivity index (χ0v) is 12.5. The molecule has 0 spiro atoms. The Labute approximate surface area is 115 Å². The molecule has 0 saturated heterocycles. The quantitative estimate of drug-likeness (QED) is 0.765. The molecule has 0 amide bonds. The minimum atomic E-state index is -3.54. The van der Waals surface area contributed by atoms with Gasteiger partial charge in [-0.05, 0) is 32.9 Å². The van der Waals surface area contributed by atoms with Gasteiger partial charge in [-0.1, -0.05) is 12.1 Å². The number of para-hydroxylation sites is 1. The minimum absolute atomic E-state index is 0.264. The molecule has 0 aliphatic carbocycles. The van der Waals surface area contributed by atoms with Crippen LogP contribution in [0.2, 0.25) is 0 Å². The van der Waals surface area contributed by atoms with Gasteiger partial charge in [-0.2, -0.15) is 0 Å². The van der Waals surface area contributed by atoms with E-state index in [1.54, 1.807) is 31.2 Å². The highest BCUT2D eigenvalue weighted by atomic mass is 32.2. The van der Waals surface area contributed by atoms with Crippen LogP contribution in [0.5, 0.6) is 0 Å². The highest BCUT2D eigenvalue weighted by Gasteiger charge is 2.20. The van der Waals surface area contributed by atoms with Crippen LogP contribution < -0.4 is 10.0 Å². The number of rotatable bonds is 8. The Morgan fingerprint density at radius 1 is 1.26 bits per heavy atom. The first-order valence-electron chi connectivity index (χ1n) is 6.44. The maximum atomic E-state index is 12.3. The van der Waals surface area contributed by atoms with Crippen molar-refractivity contribution in [1.29, 1.82) is 0 Å². The van der Waals surface area contributed by atoms with Gasteiger partial charge in [-0.3, -0.25) is 0 Å². The van der Waals surface area contributed by atoms with E-state index >= 15 is 0 Å². The van der Waals surface area contributed by atoms with Crippen molar-refractivity contribution >= 4 is 15.7 Å². The second kappa shape index (κ2) is 7.47. The van der Waals surface area contributed by atoms with Gasteiger partial charge in [0.05, 0.1) is 12.3 Å². The molecule has 1 rings (SSSR count). The molecule has 0 saturated carbocycles. The van der Waals surface area contributed by atoms with Crippen molar-refractivity contribution in [2.75, 3.05) is 25.1 Å². The van der Waals surface area contributed by atoms with Gasteiger partial charge in [0.1, 0.15) is 4.90 Å². The van der Waals surface area contributed by atoms with Crippen LogP contribution in [0.3, 0.4) is 0 Å². The predicted octanol–water partition coefficient (Wildman–Crippen LogP) is 1.82. The van der Waals surface area contributed by atoms with E-state index in [0.29, 0.717) is 25.4 Å². The number of hydrogen-bond acceptors (Lipinski definition) is 4. The second-order valence-corrected chi connectivity index (χ2v) is 5.89. The molecule has 0 radical (unpaired) electrons. The van der Waals surface area contributed by atoms with Crippen molar-refractivity contribution in [3.8, 4) is 0 Å².